The van der Waals surface area contributed by atoms with Crippen molar-refractivity contribution in [1.82, 2.24) is 5.32 Å². The summed E-state index contributed by atoms with van der Waals surface area (Å²) in [6.45, 7) is 2.27. The summed E-state index contributed by atoms with van der Waals surface area (Å²) >= 11 is 6.15. The maximum atomic E-state index is 13.7. The Balaban J connectivity index is 2.02. The Kier molecular flexibility index (Phi) is 8.04. The summed E-state index contributed by atoms with van der Waals surface area (Å²) in [4.78, 5) is 23.2. The Morgan fingerprint density at radius 3 is 2.53 bits per heavy atom. The maximum Gasteiger partial charge on any atom is 0.427 e. The van der Waals surface area contributed by atoms with Crippen LogP contribution in [0.2, 0.25) is 5.02 Å². The summed E-state index contributed by atoms with van der Waals surface area (Å²) in [5.41, 5.74) is -2.92. The summed E-state index contributed by atoms with van der Waals surface area (Å²) in [5, 5.41) is 13.7. The lowest BCUT2D eigenvalue weighted by Gasteiger charge is -2.36. The Hall–Kier alpha value is -3.70. The van der Waals surface area contributed by atoms with Crippen LogP contribution >= 0.6 is 11.6 Å². The summed E-state index contributed by atoms with van der Waals surface area (Å²) < 4.78 is 77.9. The molecule has 0 saturated carbocycles. The highest BCUT2D eigenvalue weighted by molar-refractivity contribution is 7.93. The first-order valence-corrected chi connectivity index (χ1v) is 12.7. The van der Waals surface area contributed by atoms with Crippen LogP contribution in [-0.4, -0.2) is 51.4 Å². The number of rotatable bonds is 6. The van der Waals surface area contributed by atoms with Crippen LogP contribution in [0, 0.1) is 11.3 Å². The molecule has 2 aromatic rings. The zero-order valence-electron chi connectivity index (χ0n) is 20.2. The van der Waals surface area contributed by atoms with Gasteiger partial charge in [0.15, 0.2) is 0 Å². The fraction of sp³-hybridized carbons (Fsp3) is 0.348. The lowest BCUT2D eigenvalue weighted by molar-refractivity contribution is -0.242. The molecule has 0 radical (unpaired) electrons. The first kappa shape index (κ1) is 28.9. The van der Waals surface area contributed by atoms with Crippen molar-refractivity contribution >= 4 is 45.0 Å². The number of carbonyl (C=O) groups is 2. The van der Waals surface area contributed by atoms with E-state index in [4.69, 9.17) is 16.3 Å². The second-order valence-electron chi connectivity index (χ2n) is 8.68. The highest BCUT2D eigenvalue weighted by atomic mass is 35.5. The van der Waals surface area contributed by atoms with E-state index in [1.807, 2.05) is 6.07 Å². The highest BCUT2D eigenvalue weighted by Crippen LogP contribution is 2.40. The molecule has 0 unspecified atom stereocenters. The van der Waals surface area contributed by atoms with Crippen molar-refractivity contribution in [2.75, 3.05) is 22.7 Å². The molecule has 1 aliphatic heterocycles. The lowest BCUT2D eigenvalue weighted by Crippen LogP contribution is -2.48. The molecule has 0 spiro atoms. The van der Waals surface area contributed by atoms with Gasteiger partial charge in [-0.1, -0.05) is 11.6 Å². The van der Waals surface area contributed by atoms with Crippen LogP contribution < -0.4 is 19.7 Å². The minimum absolute atomic E-state index is 0.0293. The van der Waals surface area contributed by atoms with Crippen molar-refractivity contribution in [3.63, 3.8) is 0 Å². The molecule has 204 valence electrons. The number of hydrogen-bond acceptors (Lipinski definition) is 7. The molecule has 10 nitrogen and oxygen atoms in total. The van der Waals surface area contributed by atoms with Gasteiger partial charge in [0.2, 0.25) is 11.5 Å². The van der Waals surface area contributed by atoms with Crippen LogP contribution in [0.25, 0.3) is 0 Å². The van der Waals surface area contributed by atoms with Gasteiger partial charge in [0, 0.05) is 12.6 Å². The van der Waals surface area contributed by atoms with Crippen LogP contribution in [0.1, 0.15) is 26.3 Å². The standard InChI is InChI=1S/C23H22ClF3N4O6S/c1-13(32)29-11-16-12-31(38(34,35)20-8-14(10-28)4-6-17(20)24)18-9-15(5-7-19(18)36-16)30-21(33)37-22(2,3)23(25,26)27/h4-9,16H,11-12H2,1-3H3,(H,29,32)(H,30,33)/t16-/m0/s1. The predicted octanol–water partition coefficient (Wildman–Crippen LogP) is 4.19. The van der Waals surface area contributed by atoms with Gasteiger partial charge in [0.1, 0.15) is 16.7 Å². The van der Waals surface area contributed by atoms with E-state index in [0.29, 0.717) is 13.8 Å². The van der Waals surface area contributed by atoms with Crippen LogP contribution in [0.15, 0.2) is 41.3 Å². The SMILES string of the molecule is CC(=O)NC[C@H]1CN(S(=O)(=O)c2cc(C#N)ccc2Cl)c2cc(NC(=O)OC(C)(C)C(F)(F)F)ccc2O1. The van der Waals surface area contributed by atoms with E-state index in [2.05, 4.69) is 15.4 Å². The van der Waals surface area contributed by atoms with Crippen LogP contribution in [0.4, 0.5) is 29.3 Å². The Morgan fingerprint density at radius 2 is 1.92 bits per heavy atom. The van der Waals surface area contributed by atoms with E-state index < -0.39 is 34.0 Å². The van der Waals surface area contributed by atoms with Crippen LogP contribution in [0.5, 0.6) is 5.75 Å². The number of nitrogens with one attached hydrogen (secondary N) is 2. The van der Waals surface area contributed by atoms with Gasteiger partial charge in [-0.15, -0.1) is 0 Å². The molecule has 1 atom stereocenters. The number of benzene rings is 2. The molecule has 0 fully saturated rings. The van der Waals surface area contributed by atoms with Crippen molar-refractivity contribution in [3.05, 3.63) is 47.0 Å². The number of carbonyl (C=O) groups excluding carboxylic acids is 2. The van der Waals surface area contributed by atoms with Gasteiger partial charge in [-0.3, -0.25) is 14.4 Å². The van der Waals surface area contributed by atoms with Gasteiger partial charge in [0.25, 0.3) is 10.0 Å². The smallest absolute Gasteiger partial charge is 0.427 e. The van der Waals surface area contributed by atoms with Gasteiger partial charge in [-0.2, -0.15) is 18.4 Å². The second-order valence-corrected chi connectivity index (χ2v) is 10.9. The third-order valence-electron chi connectivity index (χ3n) is 5.37. The topological polar surface area (TPSA) is 138 Å². The Bertz CT molecular complexity index is 1410. The van der Waals surface area contributed by atoms with Crippen LogP contribution in [-0.2, 0) is 19.6 Å². The minimum atomic E-state index is -4.83. The van der Waals surface area contributed by atoms with E-state index in [9.17, 15) is 36.4 Å². The summed E-state index contributed by atoms with van der Waals surface area (Å²) in [7, 11) is -4.44. The Morgan fingerprint density at radius 1 is 1.24 bits per heavy atom. The molecule has 0 aromatic heterocycles. The molecule has 38 heavy (non-hydrogen) atoms. The van der Waals surface area contributed by atoms with Crippen molar-refractivity contribution in [1.29, 1.82) is 5.26 Å². The number of hydrogen-bond donors (Lipinski definition) is 2. The number of ether oxygens (including phenoxy) is 2. The number of anilines is 2. The molecular formula is C23H22ClF3N4O6S. The van der Waals surface area contributed by atoms with E-state index in [1.54, 1.807) is 0 Å². The lowest BCUT2D eigenvalue weighted by atomic mass is 10.1. The molecule has 2 amide bonds. The minimum Gasteiger partial charge on any atom is -0.484 e. The Labute approximate surface area is 221 Å². The first-order chi connectivity index (χ1) is 17.5. The van der Waals surface area contributed by atoms with E-state index in [-0.39, 0.29) is 51.6 Å². The van der Waals surface area contributed by atoms with Crippen molar-refractivity contribution in [2.24, 2.45) is 0 Å². The first-order valence-electron chi connectivity index (χ1n) is 10.9. The summed E-state index contributed by atoms with van der Waals surface area (Å²) in [6.07, 6.45) is -7.10. The highest BCUT2D eigenvalue weighted by Gasteiger charge is 2.51. The van der Waals surface area contributed by atoms with Gasteiger partial charge in [0.05, 0.1) is 35.4 Å². The molecule has 1 aliphatic rings. The monoisotopic (exact) mass is 574 g/mol. The average molecular weight is 575 g/mol. The summed E-state index contributed by atoms with van der Waals surface area (Å²) in [6, 6.07) is 9.26. The largest absolute Gasteiger partial charge is 0.484 e. The van der Waals surface area contributed by atoms with Gasteiger partial charge in [-0.05, 0) is 50.2 Å². The fourth-order valence-electron chi connectivity index (χ4n) is 3.30. The molecule has 0 aliphatic carbocycles. The quantitative estimate of drug-likeness (QED) is 0.527. The second kappa shape index (κ2) is 10.6. The zero-order chi connectivity index (χ0) is 28.5. The maximum absolute atomic E-state index is 13.7. The predicted molar refractivity (Wildman–Crippen MR) is 130 cm³/mol. The number of alkyl halides is 3. The third-order valence-corrected chi connectivity index (χ3v) is 7.64. The van der Waals surface area contributed by atoms with E-state index in [1.165, 1.54) is 37.3 Å². The van der Waals surface area contributed by atoms with Crippen LogP contribution in [0.3, 0.4) is 0 Å². The third kappa shape index (κ3) is 6.22. The summed E-state index contributed by atoms with van der Waals surface area (Å²) in [5.74, 6) is -0.337. The molecule has 0 bridgehead atoms. The molecular weight excluding hydrogens is 553 g/mol. The molecule has 0 saturated heterocycles. The molecule has 2 N–H and O–H groups in total. The number of nitriles is 1. The van der Waals surface area contributed by atoms with Crippen molar-refractivity contribution < 1.29 is 40.7 Å². The molecule has 15 heteroatoms. The number of amides is 2. The fourth-order valence-corrected chi connectivity index (χ4v) is 5.31. The molecule has 3 rings (SSSR count). The average Bonchev–Trinajstić information content (AvgIpc) is 2.81. The molecule has 1 heterocycles. The van der Waals surface area contributed by atoms with E-state index in [0.717, 1.165) is 10.4 Å². The van der Waals surface area contributed by atoms with Gasteiger partial charge >= 0.3 is 12.3 Å². The van der Waals surface area contributed by atoms with E-state index >= 15 is 0 Å². The zero-order valence-corrected chi connectivity index (χ0v) is 21.8. The van der Waals surface area contributed by atoms with Crippen molar-refractivity contribution in [3.8, 4) is 11.8 Å². The van der Waals surface area contributed by atoms with Crippen molar-refractivity contribution in [2.45, 2.75) is 43.5 Å². The number of nitrogens with zero attached hydrogens (tertiary/aromatic N) is 2. The number of halogens is 4. The van der Waals surface area contributed by atoms with Gasteiger partial charge < -0.3 is 14.8 Å². The number of fused-ring (bicyclic) bond motifs is 1. The number of sulfonamides is 1. The molecule has 2 aromatic carbocycles. The normalized spacial score (nSPS) is 15.5. The van der Waals surface area contributed by atoms with Gasteiger partial charge in [-0.25, -0.2) is 13.2 Å².